The van der Waals surface area contributed by atoms with Crippen LogP contribution in [0.25, 0.3) is 6.08 Å². The van der Waals surface area contributed by atoms with Crippen LogP contribution in [0.3, 0.4) is 0 Å². The molecule has 206 valence electrons. The Bertz CT molecular complexity index is 1310. The first-order valence-corrected chi connectivity index (χ1v) is 14.5. The molecule has 8 nitrogen and oxygen atoms in total. The summed E-state index contributed by atoms with van der Waals surface area (Å²) < 4.78 is 4.89. The highest BCUT2D eigenvalue weighted by atomic mass is 35.5. The zero-order chi connectivity index (χ0) is 28.1. The maximum Gasteiger partial charge on any atom is 0.330 e. The predicted octanol–water partition coefficient (Wildman–Crippen LogP) is 4.28. The van der Waals surface area contributed by atoms with Gasteiger partial charge in [0.15, 0.2) is 0 Å². The Kier molecular flexibility index (Phi) is 9.58. The number of hydrogen-bond acceptors (Lipinski definition) is 6. The van der Waals surface area contributed by atoms with Gasteiger partial charge in [0.2, 0.25) is 11.8 Å². The Hall–Kier alpha value is -3.01. The highest BCUT2D eigenvalue weighted by Crippen LogP contribution is 2.35. The van der Waals surface area contributed by atoms with Gasteiger partial charge in [0, 0.05) is 42.1 Å². The van der Waals surface area contributed by atoms with Gasteiger partial charge in [0.05, 0.1) is 23.7 Å². The molecule has 1 unspecified atom stereocenters. The molecule has 0 saturated carbocycles. The third-order valence-electron chi connectivity index (χ3n) is 6.98. The molecule has 0 radical (unpaired) electrons. The van der Waals surface area contributed by atoms with Gasteiger partial charge < -0.3 is 19.9 Å². The van der Waals surface area contributed by atoms with Crippen LogP contribution in [0, 0.1) is 5.92 Å². The van der Waals surface area contributed by atoms with Crippen molar-refractivity contribution in [2.45, 2.75) is 30.3 Å². The molecule has 2 heterocycles. The van der Waals surface area contributed by atoms with E-state index in [2.05, 4.69) is 5.32 Å². The van der Waals surface area contributed by atoms with E-state index in [1.54, 1.807) is 23.1 Å². The van der Waals surface area contributed by atoms with Crippen molar-refractivity contribution in [1.29, 1.82) is 0 Å². The largest absolute Gasteiger partial charge is 0.467 e. The van der Waals surface area contributed by atoms with E-state index in [-0.39, 0.29) is 30.2 Å². The Morgan fingerprint density at radius 2 is 1.85 bits per heavy atom. The molecule has 39 heavy (non-hydrogen) atoms. The zero-order valence-electron chi connectivity index (χ0n) is 21.6. The molecular formula is C28H29Cl2N3O5S. The number of amides is 3. The van der Waals surface area contributed by atoms with Crippen LogP contribution in [0.5, 0.6) is 0 Å². The van der Waals surface area contributed by atoms with E-state index >= 15 is 0 Å². The summed E-state index contributed by atoms with van der Waals surface area (Å²) in [6, 6.07) is 9.94. The number of piperidine rings is 1. The van der Waals surface area contributed by atoms with Crippen molar-refractivity contribution >= 4 is 64.7 Å². The fourth-order valence-electron chi connectivity index (χ4n) is 4.75. The van der Waals surface area contributed by atoms with Gasteiger partial charge in [-0.3, -0.25) is 14.4 Å². The number of methoxy groups -OCH3 is 1. The van der Waals surface area contributed by atoms with Gasteiger partial charge in [-0.2, -0.15) is 0 Å². The van der Waals surface area contributed by atoms with Crippen molar-refractivity contribution in [2.75, 3.05) is 33.0 Å². The Morgan fingerprint density at radius 1 is 1.13 bits per heavy atom. The van der Waals surface area contributed by atoms with Crippen LogP contribution in [0.4, 0.5) is 0 Å². The lowest BCUT2D eigenvalue weighted by Crippen LogP contribution is -2.52. The van der Waals surface area contributed by atoms with Crippen LogP contribution in [-0.4, -0.2) is 72.5 Å². The van der Waals surface area contributed by atoms with E-state index in [0.717, 1.165) is 10.5 Å². The molecule has 1 N–H and O–H groups in total. The highest BCUT2D eigenvalue weighted by molar-refractivity contribution is 7.98. The molecule has 2 aromatic rings. The number of ether oxygens (including phenoxy) is 1. The van der Waals surface area contributed by atoms with Crippen LogP contribution in [0.15, 0.2) is 47.4 Å². The summed E-state index contributed by atoms with van der Waals surface area (Å²) in [5.41, 5.74) is 2.13. The molecule has 2 aromatic carbocycles. The number of thioether (sulfide) groups is 1. The van der Waals surface area contributed by atoms with E-state index in [4.69, 9.17) is 27.9 Å². The van der Waals surface area contributed by atoms with Gasteiger partial charge in [-0.25, -0.2) is 4.79 Å². The average Bonchev–Trinajstić information content (AvgIpc) is 3.27. The summed E-state index contributed by atoms with van der Waals surface area (Å²) in [5, 5.41) is 3.61. The molecule has 2 aliphatic rings. The second-order valence-electron chi connectivity index (χ2n) is 9.35. The monoisotopic (exact) mass is 589 g/mol. The molecule has 0 aromatic heterocycles. The normalized spacial score (nSPS) is 16.4. The van der Waals surface area contributed by atoms with Gasteiger partial charge in [0.25, 0.3) is 5.91 Å². The Morgan fingerprint density at radius 3 is 2.51 bits per heavy atom. The SMILES string of the molecule is COC(=O)C(CN1Cc2ccccc2C1=O)NC(=O)C1CCN(C(=O)C=Cc2ccc(SC)c(Cl)c2Cl)CC1. The number of esters is 1. The standard InChI is InChI=1S/C28H29Cl2N3O5S/c1-38-28(37)21(16-33-15-19-5-3-4-6-20(19)27(33)36)31-26(35)18-11-13-32(14-12-18)23(34)10-8-17-7-9-22(39-2)25(30)24(17)29/h3-10,18,21H,11-16H2,1-2H3,(H,31,35). The number of likely N-dealkylation sites (tertiary alicyclic amines) is 1. The summed E-state index contributed by atoms with van der Waals surface area (Å²) >= 11 is 14.1. The van der Waals surface area contributed by atoms with Crippen molar-refractivity contribution in [2.24, 2.45) is 5.92 Å². The average molecular weight is 591 g/mol. The van der Waals surface area contributed by atoms with Crippen LogP contribution in [0.1, 0.15) is 34.3 Å². The van der Waals surface area contributed by atoms with Crippen molar-refractivity contribution in [3.8, 4) is 0 Å². The zero-order valence-corrected chi connectivity index (χ0v) is 23.9. The Labute approximate surface area is 241 Å². The summed E-state index contributed by atoms with van der Waals surface area (Å²) in [6.45, 7) is 1.16. The third kappa shape index (κ3) is 6.59. The van der Waals surface area contributed by atoms with Gasteiger partial charge >= 0.3 is 5.97 Å². The summed E-state index contributed by atoms with van der Waals surface area (Å²) in [7, 11) is 1.25. The second-order valence-corrected chi connectivity index (χ2v) is 10.9. The number of benzene rings is 2. The van der Waals surface area contributed by atoms with Gasteiger partial charge in [0.1, 0.15) is 6.04 Å². The Balaban J connectivity index is 1.31. The minimum atomic E-state index is -0.988. The number of halogens is 2. The number of rotatable bonds is 8. The maximum absolute atomic E-state index is 13.0. The van der Waals surface area contributed by atoms with Crippen LogP contribution >= 0.6 is 35.0 Å². The second kappa shape index (κ2) is 12.9. The summed E-state index contributed by atoms with van der Waals surface area (Å²) in [5.74, 6) is -1.65. The minimum Gasteiger partial charge on any atom is -0.467 e. The van der Waals surface area contributed by atoms with E-state index in [1.807, 2.05) is 30.5 Å². The molecule has 1 atom stereocenters. The fourth-order valence-corrected chi connectivity index (χ4v) is 5.93. The molecule has 1 saturated heterocycles. The number of fused-ring (bicyclic) bond motifs is 1. The molecule has 3 amide bonds. The minimum absolute atomic E-state index is 0.0125. The molecule has 2 aliphatic heterocycles. The van der Waals surface area contributed by atoms with Crippen molar-refractivity contribution in [1.82, 2.24) is 15.1 Å². The molecule has 4 rings (SSSR count). The van der Waals surface area contributed by atoms with E-state index in [9.17, 15) is 19.2 Å². The van der Waals surface area contributed by atoms with Crippen molar-refractivity contribution in [3.05, 3.63) is 69.2 Å². The lowest BCUT2D eigenvalue weighted by atomic mass is 9.95. The van der Waals surface area contributed by atoms with E-state index < -0.39 is 12.0 Å². The molecule has 0 aliphatic carbocycles. The molecular weight excluding hydrogens is 561 g/mol. The van der Waals surface area contributed by atoms with Crippen LogP contribution < -0.4 is 5.32 Å². The fraction of sp³-hybridized carbons (Fsp3) is 0.357. The highest BCUT2D eigenvalue weighted by Gasteiger charge is 2.34. The molecule has 0 spiro atoms. The molecule has 1 fully saturated rings. The predicted molar refractivity (Wildman–Crippen MR) is 152 cm³/mol. The number of hydrogen-bond donors (Lipinski definition) is 1. The molecule has 0 bridgehead atoms. The van der Waals surface area contributed by atoms with Crippen LogP contribution in [-0.2, 0) is 25.7 Å². The van der Waals surface area contributed by atoms with Gasteiger partial charge in [-0.15, -0.1) is 11.8 Å². The van der Waals surface area contributed by atoms with E-state index in [0.29, 0.717) is 53.6 Å². The number of nitrogens with one attached hydrogen (secondary N) is 1. The first-order valence-electron chi connectivity index (χ1n) is 12.5. The van der Waals surface area contributed by atoms with Gasteiger partial charge in [-0.05, 0) is 48.4 Å². The van der Waals surface area contributed by atoms with Crippen molar-refractivity contribution in [3.63, 3.8) is 0 Å². The smallest absolute Gasteiger partial charge is 0.330 e. The molecule has 11 heteroatoms. The summed E-state index contributed by atoms with van der Waals surface area (Å²) in [6.07, 6.45) is 5.89. The van der Waals surface area contributed by atoms with Gasteiger partial charge in [-0.1, -0.05) is 47.5 Å². The quantitative estimate of drug-likeness (QED) is 0.280. The first kappa shape index (κ1) is 29.0. The first-order chi connectivity index (χ1) is 18.7. The maximum atomic E-state index is 13.0. The van der Waals surface area contributed by atoms with Crippen molar-refractivity contribution < 1.29 is 23.9 Å². The van der Waals surface area contributed by atoms with Crippen LogP contribution in [0.2, 0.25) is 10.0 Å². The van der Waals surface area contributed by atoms with E-state index in [1.165, 1.54) is 29.8 Å². The lowest BCUT2D eigenvalue weighted by Gasteiger charge is -2.31. The number of carbonyl (C=O) groups is 4. The third-order valence-corrected chi connectivity index (χ3v) is 8.77. The summed E-state index contributed by atoms with van der Waals surface area (Å²) in [4.78, 5) is 55.1. The topological polar surface area (TPSA) is 96.0 Å². The number of carbonyl (C=O) groups excluding carboxylic acids is 4. The number of nitrogens with zero attached hydrogens (tertiary/aromatic N) is 2. The lowest BCUT2D eigenvalue weighted by molar-refractivity contribution is -0.146.